The van der Waals surface area contributed by atoms with Crippen molar-refractivity contribution in [3.8, 4) is 0 Å². The van der Waals surface area contributed by atoms with Gasteiger partial charge >= 0.3 is 5.97 Å². The number of benzene rings is 2. The predicted octanol–water partition coefficient (Wildman–Crippen LogP) is 4.43. The van der Waals surface area contributed by atoms with E-state index in [1.165, 1.54) is 0 Å². The molecule has 0 aliphatic carbocycles. The van der Waals surface area contributed by atoms with Gasteiger partial charge in [-0.1, -0.05) is 43.3 Å². The molecule has 3 N–H and O–H groups in total. The summed E-state index contributed by atoms with van der Waals surface area (Å²) in [6.07, 6.45) is 5.87. The minimum atomic E-state index is -0.810. The van der Waals surface area contributed by atoms with Crippen molar-refractivity contribution >= 4 is 23.6 Å². The van der Waals surface area contributed by atoms with E-state index in [1.807, 2.05) is 67.5 Å². The minimum Gasteiger partial charge on any atom is -0.481 e. The summed E-state index contributed by atoms with van der Waals surface area (Å²) in [6.45, 7) is 6.12. The Morgan fingerprint density at radius 1 is 0.814 bits per heavy atom. The highest BCUT2D eigenvalue weighted by Gasteiger charge is 2.29. The van der Waals surface area contributed by atoms with Gasteiger partial charge in [0.15, 0.2) is 0 Å². The average molecular weight is 595 g/mol. The molecule has 236 valence electrons. The Morgan fingerprint density at radius 3 is 1.67 bits per heavy atom. The first-order valence-electron chi connectivity index (χ1n) is 15.5. The van der Waals surface area contributed by atoms with Crippen LogP contribution in [0.25, 0.3) is 0 Å². The van der Waals surface area contributed by atoms with Gasteiger partial charge in [-0.15, -0.1) is 0 Å². The second-order valence-electron chi connectivity index (χ2n) is 11.4. The van der Waals surface area contributed by atoms with Gasteiger partial charge in [-0.2, -0.15) is 0 Å². The van der Waals surface area contributed by atoms with Gasteiger partial charge < -0.3 is 25.5 Å². The second-order valence-corrected chi connectivity index (χ2v) is 11.4. The van der Waals surface area contributed by atoms with Crippen LogP contribution >= 0.6 is 0 Å². The molecule has 43 heavy (non-hydrogen) atoms. The highest BCUT2D eigenvalue weighted by Crippen LogP contribution is 2.21. The van der Waals surface area contributed by atoms with Crippen LogP contribution in [0, 0.1) is 11.8 Å². The van der Waals surface area contributed by atoms with Gasteiger partial charge in [-0.25, -0.2) is 0 Å². The standard InChI is InChI=1S/C18H26N2O2.C13H15NO3.C3H9N/c1-19(2)12-7-11-17(21)16-10-6-13-20(14-16)18(22)15-8-4-3-5-9-15;15-12(10-5-2-1-3-6-10)14-8-4-7-11(9-14)13(16)17;1-2-3-4/h3-5,8-9,16H,6-7,10-14H2,1-2H3;1-3,5-6,11H,4,7-9H2,(H,16,17);2-4H2,1H3. The van der Waals surface area contributed by atoms with E-state index in [2.05, 4.69) is 11.8 Å². The van der Waals surface area contributed by atoms with Crippen molar-refractivity contribution in [3.63, 3.8) is 0 Å². The summed E-state index contributed by atoms with van der Waals surface area (Å²) < 4.78 is 0. The number of carbonyl (C=O) groups is 4. The number of nitrogens with two attached hydrogens (primary N) is 1. The molecule has 2 aromatic rings. The summed E-state index contributed by atoms with van der Waals surface area (Å²) in [4.78, 5) is 53.4. The van der Waals surface area contributed by atoms with E-state index in [0.29, 0.717) is 49.4 Å². The topological polar surface area (TPSA) is 124 Å². The van der Waals surface area contributed by atoms with Crippen LogP contribution in [-0.2, 0) is 9.59 Å². The summed E-state index contributed by atoms with van der Waals surface area (Å²) in [6, 6.07) is 18.3. The monoisotopic (exact) mass is 594 g/mol. The minimum absolute atomic E-state index is 0.0172. The molecule has 0 aromatic heterocycles. The molecule has 0 bridgehead atoms. The largest absolute Gasteiger partial charge is 0.481 e. The molecule has 0 spiro atoms. The summed E-state index contributed by atoms with van der Waals surface area (Å²) in [5.74, 6) is -0.925. The van der Waals surface area contributed by atoms with Crippen LogP contribution < -0.4 is 5.73 Å². The SMILES string of the molecule is CCCN.CN(C)CCCC(=O)C1CCCN(C(=O)c2ccccc2)C1.O=C(O)C1CCCN(C(=O)c2ccccc2)C1. The van der Waals surface area contributed by atoms with Crippen LogP contribution in [0.4, 0.5) is 0 Å². The molecule has 2 atom stereocenters. The Kier molecular flexibility index (Phi) is 16.2. The van der Waals surface area contributed by atoms with Crippen molar-refractivity contribution in [1.82, 2.24) is 14.7 Å². The van der Waals surface area contributed by atoms with E-state index in [-0.39, 0.29) is 17.7 Å². The summed E-state index contributed by atoms with van der Waals surface area (Å²) >= 11 is 0. The van der Waals surface area contributed by atoms with Crippen LogP contribution in [0.2, 0.25) is 0 Å². The third kappa shape index (κ3) is 12.7. The number of carboxylic acid groups (broad SMARTS) is 1. The molecule has 9 heteroatoms. The third-order valence-corrected chi connectivity index (χ3v) is 7.58. The molecule has 2 aliphatic rings. The molecule has 2 amide bonds. The lowest BCUT2D eigenvalue weighted by molar-refractivity contribution is -0.143. The number of Topliss-reactive ketones (excluding diaryl/α,β-unsaturated/α-hetero) is 1. The first-order valence-corrected chi connectivity index (χ1v) is 15.5. The van der Waals surface area contributed by atoms with E-state index >= 15 is 0 Å². The maximum atomic E-state index is 12.5. The molecule has 2 saturated heterocycles. The zero-order chi connectivity index (χ0) is 31.6. The molecule has 2 aliphatic heterocycles. The number of hydrogen-bond donors (Lipinski definition) is 2. The predicted molar refractivity (Wildman–Crippen MR) is 170 cm³/mol. The quantitative estimate of drug-likeness (QED) is 0.440. The number of hydrogen-bond acceptors (Lipinski definition) is 6. The molecule has 0 saturated carbocycles. The number of carbonyl (C=O) groups excluding carboxylic acids is 3. The Hall–Kier alpha value is -3.56. The fraction of sp³-hybridized carbons (Fsp3) is 0.529. The first-order chi connectivity index (χ1) is 20.7. The van der Waals surface area contributed by atoms with Crippen LogP contribution in [-0.4, -0.2) is 96.7 Å². The molecular formula is C34H50N4O5. The number of carboxylic acids is 1. The van der Waals surface area contributed by atoms with E-state index < -0.39 is 11.9 Å². The number of rotatable bonds is 9. The number of ketones is 1. The van der Waals surface area contributed by atoms with E-state index in [9.17, 15) is 19.2 Å². The number of amides is 2. The van der Waals surface area contributed by atoms with Gasteiger partial charge in [0.2, 0.25) is 0 Å². The van der Waals surface area contributed by atoms with E-state index in [1.54, 1.807) is 17.0 Å². The molecule has 2 fully saturated rings. The van der Waals surface area contributed by atoms with Gasteiger partial charge in [-0.05, 0) is 90.0 Å². The van der Waals surface area contributed by atoms with Crippen molar-refractivity contribution in [2.24, 2.45) is 17.6 Å². The van der Waals surface area contributed by atoms with Gasteiger partial charge in [-0.3, -0.25) is 19.2 Å². The lowest BCUT2D eigenvalue weighted by atomic mass is 9.91. The number of nitrogens with zero attached hydrogens (tertiary/aromatic N) is 3. The maximum Gasteiger partial charge on any atom is 0.308 e. The molecule has 9 nitrogen and oxygen atoms in total. The van der Waals surface area contributed by atoms with Crippen molar-refractivity contribution in [3.05, 3.63) is 71.8 Å². The molecule has 0 radical (unpaired) electrons. The Morgan fingerprint density at radius 2 is 1.26 bits per heavy atom. The number of piperidine rings is 2. The Balaban J connectivity index is 0.000000273. The smallest absolute Gasteiger partial charge is 0.308 e. The lowest BCUT2D eigenvalue weighted by Gasteiger charge is -2.32. The Labute approximate surface area is 257 Å². The van der Waals surface area contributed by atoms with Crippen LogP contribution in [0.3, 0.4) is 0 Å². The lowest BCUT2D eigenvalue weighted by Crippen LogP contribution is -2.42. The zero-order valence-corrected chi connectivity index (χ0v) is 26.1. The molecule has 2 heterocycles. The Bertz CT molecular complexity index is 1120. The number of likely N-dealkylation sites (tertiary alicyclic amines) is 2. The molecule has 4 rings (SSSR count). The van der Waals surface area contributed by atoms with E-state index in [4.69, 9.17) is 10.8 Å². The number of aliphatic carboxylic acids is 1. The van der Waals surface area contributed by atoms with Gasteiger partial charge in [0.05, 0.1) is 5.92 Å². The van der Waals surface area contributed by atoms with Crippen molar-refractivity contribution in [2.45, 2.75) is 51.9 Å². The van der Waals surface area contributed by atoms with Crippen LogP contribution in [0.15, 0.2) is 60.7 Å². The second kappa shape index (κ2) is 19.6. The highest BCUT2D eigenvalue weighted by molar-refractivity contribution is 5.95. The average Bonchev–Trinajstić information content (AvgIpc) is 3.05. The van der Waals surface area contributed by atoms with Gasteiger partial charge in [0.1, 0.15) is 5.78 Å². The summed E-state index contributed by atoms with van der Waals surface area (Å²) in [7, 11) is 4.04. The summed E-state index contributed by atoms with van der Waals surface area (Å²) in [5.41, 5.74) is 6.36. The first kappa shape index (κ1) is 35.6. The molecular weight excluding hydrogens is 544 g/mol. The third-order valence-electron chi connectivity index (χ3n) is 7.58. The van der Waals surface area contributed by atoms with Crippen molar-refractivity contribution in [2.75, 3.05) is 53.4 Å². The summed E-state index contributed by atoms with van der Waals surface area (Å²) in [5, 5.41) is 8.97. The van der Waals surface area contributed by atoms with Gasteiger partial charge in [0, 0.05) is 49.6 Å². The molecule has 2 unspecified atom stereocenters. The molecule has 2 aromatic carbocycles. The normalized spacial score (nSPS) is 18.1. The van der Waals surface area contributed by atoms with Crippen LogP contribution in [0.5, 0.6) is 0 Å². The van der Waals surface area contributed by atoms with Crippen LogP contribution in [0.1, 0.15) is 72.6 Å². The maximum absolute atomic E-state index is 12.5. The fourth-order valence-corrected chi connectivity index (χ4v) is 5.09. The zero-order valence-electron chi connectivity index (χ0n) is 26.1. The van der Waals surface area contributed by atoms with Crippen molar-refractivity contribution < 1.29 is 24.3 Å². The van der Waals surface area contributed by atoms with Gasteiger partial charge in [0.25, 0.3) is 11.8 Å². The fourth-order valence-electron chi connectivity index (χ4n) is 5.09. The highest BCUT2D eigenvalue weighted by atomic mass is 16.4. The van der Waals surface area contributed by atoms with E-state index in [0.717, 1.165) is 51.7 Å². The van der Waals surface area contributed by atoms with Crippen molar-refractivity contribution in [1.29, 1.82) is 0 Å².